The molecule has 0 aromatic heterocycles. The molecule has 2 saturated heterocycles. The molecule has 1 spiro atoms. The average Bonchev–Trinajstić information content (AvgIpc) is 3.03. The van der Waals surface area contributed by atoms with Crippen molar-refractivity contribution in [2.24, 2.45) is 11.8 Å². The summed E-state index contributed by atoms with van der Waals surface area (Å²) in [7, 11) is 1.77. The number of rotatable bonds is 1. The van der Waals surface area contributed by atoms with Gasteiger partial charge in [0, 0.05) is 20.1 Å². The topological polar surface area (TPSA) is 27.7 Å². The molecule has 86 valence electrons. The van der Waals surface area contributed by atoms with Gasteiger partial charge in [-0.05, 0) is 31.1 Å². The lowest BCUT2D eigenvalue weighted by Gasteiger charge is -2.42. The van der Waals surface area contributed by atoms with E-state index in [1.807, 2.05) is 0 Å². The van der Waals surface area contributed by atoms with Gasteiger partial charge in [0.25, 0.3) is 0 Å². The quantitative estimate of drug-likeness (QED) is 0.661. The maximum absolute atomic E-state index is 6.18. The zero-order valence-corrected chi connectivity index (χ0v) is 9.41. The molecule has 0 unspecified atom stereocenters. The van der Waals surface area contributed by atoms with Gasteiger partial charge in [0.1, 0.15) is 6.10 Å². The maximum Gasteiger partial charge on any atom is 0.109 e. The van der Waals surface area contributed by atoms with E-state index >= 15 is 0 Å². The van der Waals surface area contributed by atoms with Crippen molar-refractivity contribution in [2.75, 3.05) is 26.9 Å². The number of ether oxygens (including phenoxy) is 3. The minimum absolute atomic E-state index is 0.0274. The van der Waals surface area contributed by atoms with Crippen LogP contribution < -0.4 is 0 Å². The normalized spacial score (nSPS) is 49.8. The summed E-state index contributed by atoms with van der Waals surface area (Å²) in [5, 5.41) is 0. The van der Waals surface area contributed by atoms with E-state index in [4.69, 9.17) is 14.2 Å². The van der Waals surface area contributed by atoms with Gasteiger partial charge in [0.2, 0.25) is 0 Å². The molecule has 1 saturated carbocycles. The van der Waals surface area contributed by atoms with Crippen LogP contribution in [-0.2, 0) is 14.2 Å². The average molecular weight is 212 g/mol. The van der Waals surface area contributed by atoms with Gasteiger partial charge >= 0.3 is 0 Å². The smallest absolute Gasteiger partial charge is 0.109 e. The molecule has 1 aliphatic carbocycles. The van der Waals surface area contributed by atoms with Crippen molar-refractivity contribution in [2.45, 2.75) is 37.4 Å². The molecule has 3 nitrogen and oxygen atoms in total. The second kappa shape index (κ2) is 3.72. The first-order valence-corrected chi connectivity index (χ1v) is 6.08. The third kappa shape index (κ3) is 1.71. The van der Waals surface area contributed by atoms with Crippen LogP contribution in [0.4, 0.5) is 0 Å². The van der Waals surface area contributed by atoms with Gasteiger partial charge < -0.3 is 14.2 Å². The van der Waals surface area contributed by atoms with Crippen LogP contribution in [0, 0.1) is 11.8 Å². The van der Waals surface area contributed by atoms with Crippen LogP contribution >= 0.6 is 0 Å². The Morgan fingerprint density at radius 2 is 2.13 bits per heavy atom. The lowest BCUT2D eigenvalue weighted by atomic mass is 9.86. The highest BCUT2D eigenvalue weighted by Gasteiger charge is 2.49. The lowest BCUT2D eigenvalue weighted by molar-refractivity contribution is -0.194. The van der Waals surface area contributed by atoms with Crippen molar-refractivity contribution in [1.82, 2.24) is 0 Å². The fraction of sp³-hybridized carbons (Fsp3) is 1.00. The molecule has 0 aromatic carbocycles. The maximum atomic E-state index is 6.18. The fourth-order valence-electron chi connectivity index (χ4n) is 3.12. The molecule has 4 atom stereocenters. The van der Waals surface area contributed by atoms with Crippen molar-refractivity contribution in [3.05, 3.63) is 0 Å². The summed E-state index contributed by atoms with van der Waals surface area (Å²) in [5.74, 6) is 1.80. The highest BCUT2D eigenvalue weighted by molar-refractivity contribution is 4.99. The Kier molecular flexibility index (Phi) is 2.49. The summed E-state index contributed by atoms with van der Waals surface area (Å²) in [6, 6.07) is 0. The van der Waals surface area contributed by atoms with Gasteiger partial charge in [-0.3, -0.25) is 0 Å². The molecular formula is C12H20O3. The van der Waals surface area contributed by atoms with Crippen LogP contribution in [0.2, 0.25) is 0 Å². The van der Waals surface area contributed by atoms with Crippen LogP contribution in [-0.4, -0.2) is 38.6 Å². The first-order chi connectivity index (χ1) is 7.34. The SMILES string of the molecule is CO[C@@H]1COCC[C@]12CC[C@H]1C[C@H]1CO2. The minimum atomic E-state index is -0.0274. The van der Waals surface area contributed by atoms with E-state index in [1.165, 1.54) is 12.8 Å². The largest absolute Gasteiger partial charge is 0.379 e. The Morgan fingerprint density at radius 1 is 1.20 bits per heavy atom. The van der Waals surface area contributed by atoms with E-state index in [-0.39, 0.29) is 11.7 Å². The molecule has 3 rings (SSSR count). The van der Waals surface area contributed by atoms with Gasteiger partial charge in [0.05, 0.1) is 18.8 Å². The second-order valence-corrected chi connectivity index (χ2v) is 5.22. The van der Waals surface area contributed by atoms with Crippen molar-refractivity contribution >= 4 is 0 Å². The van der Waals surface area contributed by atoms with E-state index in [0.717, 1.165) is 37.9 Å². The van der Waals surface area contributed by atoms with Crippen LogP contribution in [0.3, 0.4) is 0 Å². The molecule has 3 aliphatic rings. The summed E-state index contributed by atoms with van der Waals surface area (Å²) in [6.07, 6.45) is 5.03. The third-order valence-electron chi connectivity index (χ3n) is 4.40. The van der Waals surface area contributed by atoms with Gasteiger partial charge in [-0.15, -0.1) is 0 Å². The van der Waals surface area contributed by atoms with Crippen molar-refractivity contribution in [3.8, 4) is 0 Å². The van der Waals surface area contributed by atoms with Gasteiger partial charge in [-0.1, -0.05) is 0 Å². The van der Waals surface area contributed by atoms with Crippen LogP contribution in [0.1, 0.15) is 25.7 Å². The van der Waals surface area contributed by atoms with E-state index in [1.54, 1.807) is 7.11 Å². The Bertz CT molecular complexity index is 229. The summed E-state index contributed by atoms with van der Waals surface area (Å²) >= 11 is 0. The first kappa shape index (κ1) is 10.1. The minimum Gasteiger partial charge on any atom is -0.379 e. The highest BCUT2D eigenvalue weighted by Crippen LogP contribution is 2.49. The summed E-state index contributed by atoms with van der Waals surface area (Å²) in [4.78, 5) is 0. The number of fused-ring (bicyclic) bond motifs is 1. The standard InChI is InChI=1S/C12H20O3/c1-13-11-8-14-5-4-12(11)3-2-9-6-10(9)7-15-12/h9-11H,2-8H2,1H3/t9-,10-,11+,12+/m0/s1. The van der Waals surface area contributed by atoms with E-state index in [9.17, 15) is 0 Å². The zero-order valence-electron chi connectivity index (χ0n) is 9.41. The van der Waals surface area contributed by atoms with Gasteiger partial charge in [-0.2, -0.15) is 0 Å². The number of methoxy groups -OCH3 is 1. The lowest BCUT2D eigenvalue weighted by Crippen LogP contribution is -2.52. The predicted octanol–water partition coefficient (Wildman–Crippen LogP) is 1.61. The summed E-state index contributed by atoms with van der Waals surface area (Å²) < 4.78 is 17.2. The Morgan fingerprint density at radius 3 is 3.00 bits per heavy atom. The molecule has 2 heterocycles. The van der Waals surface area contributed by atoms with Crippen molar-refractivity contribution < 1.29 is 14.2 Å². The van der Waals surface area contributed by atoms with Crippen LogP contribution in [0.5, 0.6) is 0 Å². The highest BCUT2D eigenvalue weighted by atomic mass is 16.6. The molecule has 3 heteroatoms. The van der Waals surface area contributed by atoms with E-state index < -0.39 is 0 Å². The van der Waals surface area contributed by atoms with Crippen LogP contribution in [0.25, 0.3) is 0 Å². The molecular weight excluding hydrogens is 192 g/mol. The third-order valence-corrected chi connectivity index (χ3v) is 4.40. The Balaban J connectivity index is 1.74. The molecule has 0 radical (unpaired) electrons. The van der Waals surface area contributed by atoms with E-state index in [0.29, 0.717) is 6.61 Å². The predicted molar refractivity (Wildman–Crippen MR) is 55.7 cm³/mol. The summed E-state index contributed by atoms with van der Waals surface area (Å²) in [6.45, 7) is 2.48. The first-order valence-electron chi connectivity index (χ1n) is 6.08. The molecule has 0 aromatic rings. The number of hydrogen-bond acceptors (Lipinski definition) is 3. The zero-order chi connectivity index (χ0) is 10.3. The van der Waals surface area contributed by atoms with Gasteiger partial charge in [0.15, 0.2) is 0 Å². The molecule has 3 fully saturated rings. The molecule has 0 amide bonds. The Hall–Kier alpha value is -0.120. The van der Waals surface area contributed by atoms with Crippen molar-refractivity contribution in [1.29, 1.82) is 0 Å². The monoisotopic (exact) mass is 212 g/mol. The summed E-state index contributed by atoms with van der Waals surface area (Å²) in [5.41, 5.74) is -0.0274. The van der Waals surface area contributed by atoms with Crippen molar-refractivity contribution in [3.63, 3.8) is 0 Å². The molecule has 2 aliphatic heterocycles. The van der Waals surface area contributed by atoms with E-state index in [2.05, 4.69) is 0 Å². The Labute approximate surface area is 91.1 Å². The molecule has 0 N–H and O–H groups in total. The molecule has 0 bridgehead atoms. The molecule has 15 heavy (non-hydrogen) atoms. The number of hydrogen-bond donors (Lipinski definition) is 0. The van der Waals surface area contributed by atoms with Crippen LogP contribution in [0.15, 0.2) is 0 Å². The fourth-order valence-corrected chi connectivity index (χ4v) is 3.12. The van der Waals surface area contributed by atoms with Gasteiger partial charge in [-0.25, -0.2) is 0 Å². The second-order valence-electron chi connectivity index (χ2n) is 5.22.